The number of halogens is 4. The molecular weight excluding hydrogens is 473 g/mol. The van der Waals surface area contributed by atoms with Crippen molar-refractivity contribution in [3.8, 4) is 5.69 Å². The number of benzene rings is 1. The lowest BCUT2D eigenvalue weighted by atomic mass is 10.1. The second-order valence-electron chi connectivity index (χ2n) is 7.75. The normalized spacial score (nSPS) is 11.9. The molecule has 0 spiro atoms. The van der Waals surface area contributed by atoms with Gasteiger partial charge in [0.05, 0.1) is 35.0 Å². The maximum atomic E-state index is 13.8. The maximum Gasteiger partial charge on any atom is 0.418 e. The van der Waals surface area contributed by atoms with Crippen molar-refractivity contribution >= 4 is 34.7 Å². The molecule has 4 aromatic rings. The molecular formula is C21H20ClF3N8O. The Balaban J connectivity index is 1.62. The molecule has 4 rings (SSSR count). The van der Waals surface area contributed by atoms with Crippen molar-refractivity contribution in [1.29, 1.82) is 0 Å². The van der Waals surface area contributed by atoms with Crippen LogP contribution in [0.1, 0.15) is 36.6 Å². The highest BCUT2D eigenvalue weighted by atomic mass is 35.5. The van der Waals surface area contributed by atoms with Crippen molar-refractivity contribution in [2.24, 2.45) is 5.73 Å². The minimum Gasteiger partial charge on any atom is -0.326 e. The average molecular weight is 493 g/mol. The van der Waals surface area contributed by atoms with Gasteiger partial charge in [-0.2, -0.15) is 23.4 Å². The number of fused-ring (bicyclic) bond motifs is 1. The summed E-state index contributed by atoms with van der Waals surface area (Å²) in [6.45, 7) is 3.94. The van der Waals surface area contributed by atoms with E-state index in [1.54, 1.807) is 6.07 Å². The number of hydrogen-bond donors (Lipinski definition) is 3. The lowest BCUT2D eigenvalue weighted by Crippen LogP contribution is -2.22. The molecule has 0 saturated carbocycles. The third kappa shape index (κ3) is 4.68. The van der Waals surface area contributed by atoms with E-state index in [0.717, 1.165) is 10.7 Å². The van der Waals surface area contributed by atoms with E-state index in [1.165, 1.54) is 35.2 Å². The smallest absolute Gasteiger partial charge is 0.326 e. The topological polar surface area (TPSA) is 115 Å². The van der Waals surface area contributed by atoms with Crippen LogP contribution in [-0.4, -0.2) is 30.4 Å². The van der Waals surface area contributed by atoms with Crippen LogP contribution in [0.25, 0.3) is 11.3 Å². The SMILES string of the molecule is CC(C)c1c(NC(=O)Nc2ccc(-n3cc(CN)cn3)c(C(F)(F)F)c2)cnc2cc(Cl)nn12. The van der Waals surface area contributed by atoms with Gasteiger partial charge < -0.3 is 16.4 Å². The quantitative estimate of drug-likeness (QED) is 0.369. The van der Waals surface area contributed by atoms with Crippen molar-refractivity contribution in [3.05, 3.63) is 64.8 Å². The Kier molecular flexibility index (Phi) is 6.19. The van der Waals surface area contributed by atoms with E-state index in [1.807, 2.05) is 13.8 Å². The number of nitrogens with zero attached hydrogens (tertiary/aromatic N) is 5. The molecule has 0 atom stereocenters. The van der Waals surface area contributed by atoms with Crippen molar-refractivity contribution in [3.63, 3.8) is 0 Å². The molecule has 0 radical (unpaired) electrons. The Morgan fingerprint density at radius 1 is 1.21 bits per heavy atom. The number of carbonyl (C=O) groups is 1. The molecule has 34 heavy (non-hydrogen) atoms. The van der Waals surface area contributed by atoms with E-state index in [0.29, 0.717) is 22.6 Å². The summed E-state index contributed by atoms with van der Waals surface area (Å²) in [4.78, 5) is 16.8. The van der Waals surface area contributed by atoms with Crippen LogP contribution in [0.2, 0.25) is 5.15 Å². The molecule has 3 heterocycles. The molecule has 0 aliphatic rings. The van der Waals surface area contributed by atoms with Gasteiger partial charge in [0, 0.05) is 30.1 Å². The van der Waals surface area contributed by atoms with Crippen LogP contribution < -0.4 is 16.4 Å². The minimum atomic E-state index is -4.68. The van der Waals surface area contributed by atoms with Crippen LogP contribution in [0.5, 0.6) is 0 Å². The predicted octanol–water partition coefficient (Wildman–Crippen LogP) is 4.81. The number of anilines is 2. The van der Waals surface area contributed by atoms with E-state index in [2.05, 4.69) is 25.8 Å². The predicted molar refractivity (Wildman–Crippen MR) is 121 cm³/mol. The number of nitrogens with one attached hydrogen (secondary N) is 2. The van der Waals surface area contributed by atoms with Gasteiger partial charge in [0.25, 0.3) is 0 Å². The fourth-order valence-corrected chi connectivity index (χ4v) is 3.67. The van der Waals surface area contributed by atoms with Crippen molar-refractivity contribution < 1.29 is 18.0 Å². The summed E-state index contributed by atoms with van der Waals surface area (Å²) in [6.07, 6.45) is -0.428. The summed E-state index contributed by atoms with van der Waals surface area (Å²) in [6, 6.07) is 4.26. The standard InChI is InChI=1S/C21H20ClF3N8O/c1-11(2)19-15(9-27-18-6-17(22)31-33(18)19)30-20(34)29-13-3-4-16(14(5-13)21(23,24)25)32-10-12(7-26)8-28-32/h3-6,8-11H,7,26H2,1-2H3,(H2,29,30,34). The Labute approximate surface area is 196 Å². The van der Waals surface area contributed by atoms with Crippen LogP contribution in [0, 0.1) is 0 Å². The molecule has 0 bridgehead atoms. The van der Waals surface area contributed by atoms with Crippen LogP contribution in [-0.2, 0) is 12.7 Å². The van der Waals surface area contributed by atoms with Crippen LogP contribution in [0.3, 0.4) is 0 Å². The summed E-state index contributed by atoms with van der Waals surface area (Å²) >= 11 is 5.97. The van der Waals surface area contributed by atoms with Gasteiger partial charge in [-0.15, -0.1) is 0 Å². The average Bonchev–Trinajstić information content (AvgIpc) is 3.38. The van der Waals surface area contributed by atoms with Gasteiger partial charge in [0.1, 0.15) is 0 Å². The molecule has 9 nitrogen and oxygen atoms in total. The number of carbonyl (C=O) groups excluding carboxylic acids is 1. The maximum absolute atomic E-state index is 13.8. The number of alkyl halides is 3. The molecule has 0 aliphatic heterocycles. The molecule has 4 N–H and O–H groups in total. The molecule has 0 saturated heterocycles. The number of urea groups is 1. The van der Waals surface area contributed by atoms with E-state index >= 15 is 0 Å². The van der Waals surface area contributed by atoms with Gasteiger partial charge in [-0.25, -0.2) is 19.0 Å². The highest BCUT2D eigenvalue weighted by molar-refractivity contribution is 6.29. The van der Waals surface area contributed by atoms with Crippen molar-refractivity contribution in [1.82, 2.24) is 24.4 Å². The lowest BCUT2D eigenvalue weighted by molar-refractivity contribution is -0.137. The summed E-state index contributed by atoms with van der Waals surface area (Å²) < 4.78 is 43.9. The molecule has 178 valence electrons. The van der Waals surface area contributed by atoms with Crippen molar-refractivity contribution in [2.45, 2.75) is 32.5 Å². The zero-order valence-electron chi connectivity index (χ0n) is 18.1. The fraction of sp³-hybridized carbons (Fsp3) is 0.238. The van der Waals surface area contributed by atoms with E-state index < -0.39 is 17.8 Å². The Bertz CT molecular complexity index is 1360. The summed E-state index contributed by atoms with van der Waals surface area (Å²) in [7, 11) is 0. The van der Waals surface area contributed by atoms with E-state index in [-0.39, 0.29) is 29.0 Å². The first-order chi connectivity index (χ1) is 16.1. The van der Waals surface area contributed by atoms with E-state index in [9.17, 15) is 18.0 Å². The van der Waals surface area contributed by atoms with Crippen LogP contribution >= 0.6 is 11.6 Å². The summed E-state index contributed by atoms with van der Waals surface area (Å²) in [5.41, 5.74) is 6.38. The number of nitrogens with two attached hydrogens (primary N) is 1. The van der Waals surface area contributed by atoms with Gasteiger partial charge in [-0.1, -0.05) is 25.4 Å². The molecule has 3 aromatic heterocycles. The van der Waals surface area contributed by atoms with Gasteiger partial charge in [-0.3, -0.25) is 0 Å². The monoisotopic (exact) mass is 492 g/mol. The highest BCUT2D eigenvalue weighted by Crippen LogP contribution is 2.35. The van der Waals surface area contributed by atoms with Gasteiger partial charge in [0.15, 0.2) is 10.8 Å². The number of hydrogen-bond acceptors (Lipinski definition) is 5. The fourth-order valence-electron chi connectivity index (χ4n) is 3.50. The van der Waals surface area contributed by atoms with Crippen LogP contribution in [0.15, 0.2) is 42.9 Å². The third-order valence-corrected chi connectivity index (χ3v) is 5.15. The van der Waals surface area contributed by atoms with Crippen molar-refractivity contribution in [2.75, 3.05) is 10.6 Å². The van der Waals surface area contributed by atoms with E-state index in [4.69, 9.17) is 17.3 Å². The number of aromatic nitrogens is 5. The molecule has 0 aliphatic carbocycles. The Hall–Kier alpha value is -3.64. The first-order valence-electron chi connectivity index (χ1n) is 10.1. The number of amides is 2. The first-order valence-corrected chi connectivity index (χ1v) is 10.5. The molecule has 1 aromatic carbocycles. The summed E-state index contributed by atoms with van der Waals surface area (Å²) in [5.74, 6) is -0.0691. The Morgan fingerprint density at radius 2 is 1.97 bits per heavy atom. The molecule has 2 amide bonds. The van der Waals surface area contributed by atoms with Gasteiger partial charge in [-0.05, 0) is 24.1 Å². The molecule has 0 unspecified atom stereocenters. The summed E-state index contributed by atoms with van der Waals surface area (Å²) in [5, 5.41) is 13.4. The minimum absolute atomic E-state index is 0.0537. The van der Waals surface area contributed by atoms with Gasteiger partial charge in [0.2, 0.25) is 0 Å². The second kappa shape index (κ2) is 8.95. The molecule has 13 heteroatoms. The zero-order chi connectivity index (χ0) is 24.6. The van der Waals surface area contributed by atoms with Gasteiger partial charge >= 0.3 is 12.2 Å². The largest absolute Gasteiger partial charge is 0.418 e. The van der Waals surface area contributed by atoms with Crippen LogP contribution in [0.4, 0.5) is 29.3 Å². The number of rotatable bonds is 5. The first kappa shape index (κ1) is 23.5. The molecule has 0 fully saturated rings. The highest BCUT2D eigenvalue weighted by Gasteiger charge is 2.35. The lowest BCUT2D eigenvalue weighted by Gasteiger charge is -2.17. The Morgan fingerprint density at radius 3 is 2.62 bits per heavy atom. The second-order valence-corrected chi connectivity index (χ2v) is 8.14. The zero-order valence-corrected chi connectivity index (χ0v) is 18.8. The third-order valence-electron chi connectivity index (χ3n) is 4.96.